The van der Waals surface area contributed by atoms with Crippen LogP contribution in [0.15, 0.2) is 12.3 Å². The molecule has 0 unspecified atom stereocenters. The summed E-state index contributed by atoms with van der Waals surface area (Å²) in [6.45, 7) is 2.71. The number of likely N-dealkylation sites (N-methyl/N-ethyl adjacent to an activating group) is 1. The van der Waals surface area contributed by atoms with E-state index in [4.69, 9.17) is 0 Å². The monoisotopic (exact) mass is 250 g/mol. The number of aromatic nitrogens is 2. The van der Waals surface area contributed by atoms with E-state index in [2.05, 4.69) is 5.10 Å². The Morgan fingerprint density at radius 2 is 2.22 bits per heavy atom. The average molecular weight is 250 g/mol. The molecule has 1 atom stereocenters. The summed E-state index contributed by atoms with van der Waals surface area (Å²) in [6, 6.07) is 1.89. The van der Waals surface area contributed by atoms with Crippen LogP contribution in [0.3, 0.4) is 0 Å². The van der Waals surface area contributed by atoms with Crippen LogP contribution in [0.25, 0.3) is 0 Å². The number of nitrogens with zero attached hydrogens (tertiary/aromatic N) is 4. The van der Waals surface area contributed by atoms with Crippen molar-refractivity contribution >= 4 is 11.8 Å². The summed E-state index contributed by atoms with van der Waals surface area (Å²) in [5.41, 5.74) is 0.738. The third-order valence-electron chi connectivity index (χ3n) is 3.32. The van der Waals surface area contributed by atoms with Gasteiger partial charge in [-0.15, -0.1) is 0 Å². The van der Waals surface area contributed by atoms with Crippen molar-refractivity contribution in [1.82, 2.24) is 19.6 Å². The molecule has 2 heterocycles. The van der Waals surface area contributed by atoms with Crippen molar-refractivity contribution in [3.8, 4) is 0 Å². The molecule has 2 rings (SSSR count). The highest BCUT2D eigenvalue weighted by molar-refractivity contribution is 5.86. The molecule has 1 aliphatic heterocycles. The van der Waals surface area contributed by atoms with Gasteiger partial charge in [-0.25, -0.2) is 0 Å². The Labute approximate surface area is 106 Å². The molecule has 6 nitrogen and oxygen atoms in total. The van der Waals surface area contributed by atoms with Gasteiger partial charge < -0.3 is 9.80 Å². The van der Waals surface area contributed by atoms with Gasteiger partial charge in [0.25, 0.3) is 0 Å². The van der Waals surface area contributed by atoms with Gasteiger partial charge in [0.15, 0.2) is 0 Å². The zero-order chi connectivity index (χ0) is 13.3. The van der Waals surface area contributed by atoms with E-state index in [1.54, 1.807) is 27.7 Å². The van der Waals surface area contributed by atoms with Crippen LogP contribution < -0.4 is 0 Å². The molecule has 18 heavy (non-hydrogen) atoms. The molecule has 0 N–H and O–H groups in total. The Morgan fingerprint density at radius 3 is 2.78 bits per heavy atom. The minimum Gasteiger partial charge on any atom is -0.340 e. The van der Waals surface area contributed by atoms with Crippen molar-refractivity contribution in [3.63, 3.8) is 0 Å². The van der Waals surface area contributed by atoms with E-state index in [1.165, 1.54) is 0 Å². The summed E-state index contributed by atoms with van der Waals surface area (Å²) < 4.78 is 1.67. The van der Waals surface area contributed by atoms with E-state index in [0.29, 0.717) is 6.54 Å². The summed E-state index contributed by atoms with van der Waals surface area (Å²) in [5, 5.41) is 4.17. The molecule has 0 spiro atoms. The lowest BCUT2D eigenvalue weighted by Crippen LogP contribution is -2.55. The molecule has 6 heteroatoms. The van der Waals surface area contributed by atoms with E-state index >= 15 is 0 Å². The predicted molar refractivity (Wildman–Crippen MR) is 65.7 cm³/mol. The Bertz CT molecular complexity index is 468. The summed E-state index contributed by atoms with van der Waals surface area (Å²) in [4.78, 5) is 27.1. The maximum Gasteiger partial charge on any atom is 0.242 e. The molecule has 1 saturated heterocycles. The lowest BCUT2D eigenvalue weighted by molar-refractivity contribution is -0.146. The van der Waals surface area contributed by atoms with Gasteiger partial charge in [0.2, 0.25) is 11.8 Å². The normalized spacial score (nSPS) is 20.4. The zero-order valence-corrected chi connectivity index (χ0v) is 11.0. The minimum atomic E-state index is -0.0398. The van der Waals surface area contributed by atoms with Gasteiger partial charge in [-0.05, 0) is 13.0 Å². The average Bonchev–Trinajstić information content (AvgIpc) is 2.71. The summed E-state index contributed by atoms with van der Waals surface area (Å²) in [5.74, 6) is -0.0508. The van der Waals surface area contributed by atoms with Crippen molar-refractivity contribution in [2.75, 3.05) is 20.1 Å². The molecule has 0 radical (unpaired) electrons. The molecule has 0 bridgehead atoms. The highest BCUT2D eigenvalue weighted by Gasteiger charge is 2.29. The van der Waals surface area contributed by atoms with E-state index in [0.717, 1.165) is 5.69 Å². The van der Waals surface area contributed by atoms with E-state index in [1.807, 2.05) is 20.0 Å². The summed E-state index contributed by atoms with van der Waals surface area (Å²) >= 11 is 0. The summed E-state index contributed by atoms with van der Waals surface area (Å²) in [7, 11) is 3.59. The second-order valence-electron chi connectivity index (χ2n) is 4.79. The number of carbonyl (C=O) groups excluding carboxylic acids is 2. The Hall–Kier alpha value is -1.85. The van der Waals surface area contributed by atoms with E-state index < -0.39 is 0 Å². The fraction of sp³-hybridized carbons (Fsp3) is 0.583. The van der Waals surface area contributed by atoms with Gasteiger partial charge in [0.1, 0.15) is 0 Å². The highest BCUT2D eigenvalue weighted by atomic mass is 16.2. The Balaban J connectivity index is 1.99. The van der Waals surface area contributed by atoms with Crippen LogP contribution in [0.2, 0.25) is 0 Å². The fourth-order valence-electron chi connectivity index (χ4n) is 2.04. The van der Waals surface area contributed by atoms with E-state index in [-0.39, 0.29) is 30.8 Å². The molecule has 0 saturated carbocycles. The van der Waals surface area contributed by atoms with Gasteiger partial charge in [-0.2, -0.15) is 5.10 Å². The van der Waals surface area contributed by atoms with Gasteiger partial charge in [0.05, 0.1) is 18.7 Å². The number of hydrogen-bond acceptors (Lipinski definition) is 3. The maximum absolute atomic E-state index is 12.1. The minimum absolute atomic E-state index is 0.0110. The molecule has 1 aromatic rings. The van der Waals surface area contributed by atoms with Crippen LogP contribution in [0.1, 0.15) is 12.6 Å². The number of rotatable bonds is 2. The number of amides is 2. The SMILES string of the molecule is C[C@H]1CN(C(=O)Cc2ccn(C)n2)CC(=O)N1C. The lowest BCUT2D eigenvalue weighted by atomic mass is 10.1. The zero-order valence-electron chi connectivity index (χ0n) is 11.0. The molecule has 1 aliphatic rings. The molecule has 0 aromatic carbocycles. The first kappa shape index (κ1) is 12.6. The molecule has 1 aromatic heterocycles. The Morgan fingerprint density at radius 1 is 1.50 bits per heavy atom. The van der Waals surface area contributed by atoms with Crippen molar-refractivity contribution in [2.45, 2.75) is 19.4 Å². The largest absolute Gasteiger partial charge is 0.340 e. The first-order valence-corrected chi connectivity index (χ1v) is 5.99. The van der Waals surface area contributed by atoms with Crippen molar-refractivity contribution in [2.24, 2.45) is 7.05 Å². The van der Waals surface area contributed by atoms with Crippen LogP contribution in [-0.4, -0.2) is 57.6 Å². The fourth-order valence-corrected chi connectivity index (χ4v) is 2.04. The number of aryl methyl sites for hydroxylation is 1. The quantitative estimate of drug-likeness (QED) is 0.721. The van der Waals surface area contributed by atoms with Gasteiger partial charge in [-0.1, -0.05) is 0 Å². The number of piperazine rings is 1. The van der Waals surface area contributed by atoms with Crippen molar-refractivity contribution in [1.29, 1.82) is 0 Å². The first-order valence-electron chi connectivity index (χ1n) is 5.99. The number of hydrogen-bond donors (Lipinski definition) is 0. The van der Waals surface area contributed by atoms with Crippen LogP contribution in [-0.2, 0) is 23.1 Å². The maximum atomic E-state index is 12.1. The molecule has 0 aliphatic carbocycles. The first-order chi connectivity index (χ1) is 8.47. The third kappa shape index (κ3) is 2.52. The third-order valence-corrected chi connectivity index (χ3v) is 3.32. The van der Waals surface area contributed by atoms with Crippen LogP contribution in [0, 0.1) is 0 Å². The van der Waals surface area contributed by atoms with Gasteiger partial charge in [-0.3, -0.25) is 14.3 Å². The van der Waals surface area contributed by atoms with Crippen LogP contribution in [0.4, 0.5) is 0 Å². The van der Waals surface area contributed by atoms with E-state index in [9.17, 15) is 9.59 Å². The molecule has 2 amide bonds. The smallest absolute Gasteiger partial charge is 0.242 e. The second kappa shape index (κ2) is 4.80. The predicted octanol–water partition coefficient (Wildman–Crippen LogP) is -0.348. The topological polar surface area (TPSA) is 58.4 Å². The lowest BCUT2D eigenvalue weighted by Gasteiger charge is -2.37. The van der Waals surface area contributed by atoms with Crippen molar-refractivity contribution < 1.29 is 9.59 Å². The Kier molecular flexibility index (Phi) is 3.36. The van der Waals surface area contributed by atoms with Crippen molar-refractivity contribution in [3.05, 3.63) is 18.0 Å². The summed E-state index contributed by atoms with van der Waals surface area (Å²) in [6.07, 6.45) is 2.06. The van der Waals surface area contributed by atoms with Crippen LogP contribution in [0.5, 0.6) is 0 Å². The van der Waals surface area contributed by atoms with Gasteiger partial charge >= 0.3 is 0 Å². The van der Waals surface area contributed by atoms with Gasteiger partial charge in [0, 0.05) is 32.9 Å². The standard InChI is InChI=1S/C12H18N4O2/c1-9-7-16(8-12(18)15(9)3)11(17)6-10-4-5-14(2)13-10/h4-5,9H,6-8H2,1-3H3/t9-/m0/s1. The molecule has 1 fully saturated rings. The molecular formula is C12H18N4O2. The second-order valence-corrected chi connectivity index (χ2v) is 4.79. The highest BCUT2D eigenvalue weighted by Crippen LogP contribution is 2.10. The molecular weight excluding hydrogens is 232 g/mol. The number of carbonyl (C=O) groups is 2. The molecule has 98 valence electrons. The van der Waals surface area contributed by atoms with Crippen LogP contribution >= 0.6 is 0 Å².